The number of carbonyl (C=O) groups is 2. The van der Waals surface area contributed by atoms with E-state index in [4.69, 9.17) is 0 Å². The molecule has 2 heterocycles. The predicted molar refractivity (Wildman–Crippen MR) is 204 cm³/mol. The van der Waals surface area contributed by atoms with Crippen LogP contribution < -0.4 is 4.90 Å². The van der Waals surface area contributed by atoms with Gasteiger partial charge >= 0.3 is 11.9 Å². The molecule has 6 rings (SSSR count). The first-order valence-electron chi connectivity index (χ1n) is 17.5. The molecular weight excluding hydrogens is 635 g/mol. The van der Waals surface area contributed by atoms with Crippen molar-refractivity contribution in [2.45, 2.75) is 63.2 Å². The first-order chi connectivity index (χ1) is 24.6. The molecule has 2 N–H and O–H groups in total. The van der Waals surface area contributed by atoms with Crippen molar-refractivity contribution in [2.24, 2.45) is 0 Å². The van der Waals surface area contributed by atoms with Crippen molar-refractivity contribution in [3.05, 3.63) is 144 Å². The first-order valence-corrected chi connectivity index (χ1v) is 17.5. The van der Waals surface area contributed by atoms with Crippen molar-refractivity contribution >= 4 is 39.8 Å². The normalized spacial score (nSPS) is 22.6. The Morgan fingerprint density at radius 1 is 0.902 bits per heavy atom. The summed E-state index contributed by atoms with van der Waals surface area (Å²) in [5, 5.41) is 31.9. The van der Waals surface area contributed by atoms with Crippen LogP contribution >= 0.6 is 0 Å². The van der Waals surface area contributed by atoms with Gasteiger partial charge in [-0.2, -0.15) is 9.84 Å². The fourth-order valence-corrected chi connectivity index (χ4v) is 8.37. The quantitative estimate of drug-likeness (QED) is 0.138. The number of para-hydroxylation sites is 1. The summed E-state index contributed by atoms with van der Waals surface area (Å²) in [4.78, 5) is 25.5. The molecule has 0 saturated heterocycles. The van der Waals surface area contributed by atoms with Gasteiger partial charge in [-0.15, -0.1) is 13.2 Å². The molecule has 3 aliphatic rings. The Morgan fingerprint density at radius 2 is 1.61 bits per heavy atom. The predicted octanol–water partition coefficient (Wildman–Crippen LogP) is 9.06. The van der Waals surface area contributed by atoms with E-state index in [2.05, 4.69) is 85.0 Å². The molecule has 1 aliphatic carbocycles. The minimum Gasteiger partial charge on any atom is -0.481 e. The Bertz CT molecular complexity index is 2160. The number of carboxylic acids is 2. The Labute approximate surface area is 299 Å². The summed E-state index contributed by atoms with van der Waals surface area (Å²) in [6.45, 7) is 13.1. The van der Waals surface area contributed by atoms with E-state index in [-0.39, 0.29) is 12.8 Å². The second-order valence-corrected chi connectivity index (χ2v) is 13.9. The Kier molecular flexibility index (Phi) is 9.80. The zero-order valence-corrected chi connectivity index (χ0v) is 29.4. The van der Waals surface area contributed by atoms with Crippen LogP contribution in [0.4, 0.5) is 11.4 Å². The highest BCUT2D eigenvalue weighted by Gasteiger charge is 2.48. The number of rotatable bonds is 13. The zero-order valence-electron chi connectivity index (χ0n) is 29.4. The maximum absolute atomic E-state index is 11.8. The van der Waals surface area contributed by atoms with Gasteiger partial charge in [0.15, 0.2) is 12.3 Å². The van der Waals surface area contributed by atoms with Gasteiger partial charge in [0.05, 0.1) is 23.5 Å². The number of carboxylic acid groups (broad SMARTS) is 2. The number of hydrogen-bond donors (Lipinski definition) is 2. The summed E-state index contributed by atoms with van der Waals surface area (Å²) in [6.07, 6.45) is 14.7. The first kappa shape index (κ1) is 35.1. The number of hydrogen-bond acceptors (Lipinski definition) is 4. The number of benzene rings is 3. The van der Waals surface area contributed by atoms with Crippen LogP contribution in [0.1, 0.15) is 63.5 Å². The molecule has 2 unspecified atom stereocenters. The van der Waals surface area contributed by atoms with Crippen LogP contribution in [0.3, 0.4) is 0 Å². The van der Waals surface area contributed by atoms with Gasteiger partial charge < -0.3 is 15.1 Å². The molecule has 0 fully saturated rings. The Morgan fingerprint density at radius 3 is 2.33 bits per heavy atom. The van der Waals surface area contributed by atoms with Crippen LogP contribution in [0.25, 0.3) is 10.8 Å². The maximum atomic E-state index is 11.8. The van der Waals surface area contributed by atoms with E-state index >= 15 is 0 Å². The molecule has 2 atom stereocenters. The van der Waals surface area contributed by atoms with Crippen LogP contribution in [-0.4, -0.2) is 45.5 Å². The maximum Gasteiger partial charge on any atom is 0.309 e. The number of aliphatic carboxylic acids is 2. The number of nitrogens with zero attached hydrogens (tertiary/aromatic N) is 3. The highest BCUT2D eigenvalue weighted by Crippen LogP contribution is 2.51. The van der Waals surface area contributed by atoms with Gasteiger partial charge in [-0.05, 0) is 85.2 Å². The minimum absolute atomic E-state index is 0.00252. The van der Waals surface area contributed by atoms with Crippen molar-refractivity contribution in [3.63, 3.8) is 0 Å². The summed E-state index contributed by atoms with van der Waals surface area (Å²) < 4.78 is 2.13. The lowest BCUT2D eigenvalue weighted by Gasteiger charge is -2.29. The van der Waals surface area contributed by atoms with Crippen LogP contribution in [-0.2, 0) is 20.4 Å². The van der Waals surface area contributed by atoms with Gasteiger partial charge in [0.1, 0.15) is 6.42 Å². The van der Waals surface area contributed by atoms with E-state index < -0.39 is 22.8 Å². The largest absolute Gasteiger partial charge is 0.481 e. The smallest absolute Gasteiger partial charge is 0.309 e. The highest BCUT2D eigenvalue weighted by molar-refractivity contribution is 6.08. The molecule has 7 heteroatoms. The van der Waals surface area contributed by atoms with Gasteiger partial charge in [0, 0.05) is 41.1 Å². The van der Waals surface area contributed by atoms with Crippen LogP contribution in [0.5, 0.6) is 0 Å². The molecule has 0 radical (unpaired) electrons. The van der Waals surface area contributed by atoms with Gasteiger partial charge in [0.25, 0.3) is 0 Å². The van der Waals surface area contributed by atoms with Crippen molar-refractivity contribution in [1.29, 1.82) is 5.26 Å². The lowest BCUT2D eigenvalue weighted by atomic mass is 9.74. The Balaban J connectivity index is 1.42. The molecule has 7 nitrogen and oxygen atoms in total. The van der Waals surface area contributed by atoms with E-state index in [1.165, 1.54) is 0 Å². The van der Waals surface area contributed by atoms with Gasteiger partial charge in [-0.3, -0.25) is 9.59 Å². The minimum atomic E-state index is -0.858. The number of anilines is 1. The van der Waals surface area contributed by atoms with E-state index in [1.807, 2.05) is 54.6 Å². The molecule has 0 saturated carbocycles. The van der Waals surface area contributed by atoms with Crippen LogP contribution in [0.15, 0.2) is 133 Å². The van der Waals surface area contributed by atoms with E-state index in [1.54, 1.807) is 0 Å². The fourth-order valence-electron chi connectivity index (χ4n) is 8.37. The van der Waals surface area contributed by atoms with Crippen molar-refractivity contribution < 1.29 is 24.4 Å². The third-order valence-corrected chi connectivity index (χ3v) is 10.8. The van der Waals surface area contributed by atoms with Crippen LogP contribution in [0.2, 0.25) is 0 Å². The van der Waals surface area contributed by atoms with Crippen molar-refractivity contribution in [3.8, 4) is 6.07 Å². The van der Waals surface area contributed by atoms with Gasteiger partial charge in [-0.1, -0.05) is 66.8 Å². The molecule has 51 heavy (non-hydrogen) atoms. The average molecular weight is 679 g/mol. The lowest BCUT2D eigenvalue weighted by molar-refractivity contribution is -0.436. The average Bonchev–Trinajstić information content (AvgIpc) is 3.70. The molecule has 2 aliphatic heterocycles. The third-order valence-electron chi connectivity index (χ3n) is 10.8. The highest BCUT2D eigenvalue weighted by atomic mass is 16.4. The molecule has 0 aromatic heterocycles. The summed E-state index contributed by atoms with van der Waals surface area (Å²) >= 11 is 0. The van der Waals surface area contributed by atoms with Crippen LogP contribution in [0, 0.1) is 11.3 Å². The second kappa shape index (κ2) is 14.2. The third kappa shape index (κ3) is 6.27. The molecule has 3 aromatic carbocycles. The lowest BCUT2D eigenvalue weighted by Crippen LogP contribution is -2.31. The molecule has 0 amide bonds. The number of allylic oxidation sites excluding steroid dienone is 10. The van der Waals surface area contributed by atoms with Gasteiger partial charge in [-0.25, -0.2) is 0 Å². The number of fused-ring (bicyclic) bond motifs is 4. The van der Waals surface area contributed by atoms with Gasteiger partial charge in [0.2, 0.25) is 5.69 Å². The topological polar surface area (TPSA) is 105 Å². The Hall–Kier alpha value is -5.74. The SMILES string of the molecule is C=CCC1(C)C(=CC=C2CCC(C=CC3=[N+](CCC(=O)O)c4ccc5ccccc5c4C3(C)CC=C)=C2C#N)N(CCC(=O)O)c2ccccc21. The molecule has 3 aromatic rings. The van der Waals surface area contributed by atoms with E-state index in [9.17, 15) is 25.1 Å². The standard InChI is InChI=1S/C44H43N3O4/c1-5-25-43(3)35-13-9-10-14-36(35)46(27-23-40(48)49)38(43)21-18-31-15-16-32(34(31)29-45)19-22-39-44(4,26-6-2)42-33-12-8-7-11-30(33)17-20-37(42)47(39)28-24-41(50)51/h5-14,17-22H,1-2,15-16,23-28H2,3-4H3,(H-,48,49,50,51)/p+1. The zero-order chi connectivity index (χ0) is 36.3. The monoisotopic (exact) mass is 678 g/mol. The summed E-state index contributed by atoms with van der Waals surface area (Å²) in [5.74, 6) is -1.71. The molecule has 0 spiro atoms. The molecule has 0 bridgehead atoms. The van der Waals surface area contributed by atoms with Crippen molar-refractivity contribution in [2.75, 3.05) is 18.0 Å². The molecule has 258 valence electrons. The fraction of sp³-hybridized carbons (Fsp3) is 0.273. The van der Waals surface area contributed by atoms with E-state index in [0.717, 1.165) is 55.8 Å². The van der Waals surface area contributed by atoms with Crippen molar-refractivity contribution in [1.82, 2.24) is 0 Å². The molecular formula is C44H44N3O4+. The van der Waals surface area contributed by atoms with E-state index in [0.29, 0.717) is 44.3 Å². The summed E-state index contributed by atoms with van der Waals surface area (Å²) in [5.41, 5.74) is 7.88. The second-order valence-electron chi connectivity index (χ2n) is 13.9. The summed E-state index contributed by atoms with van der Waals surface area (Å²) in [6, 6.07) is 23.1. The number of nitriles is 1. The summed E-state index contributed by atoms with van der Waals surface area (Å²) in [7, 11) is 0.